The summed E-state index contributed by atoms with van der Waals surface area (Å²) in [6.07, 6.45) is 3.54. The van der Waals surface area contributed by atoms with E-state index in [4.69, 9.17) is 5.73 Å². The Morgan fingerprint density at radius 1 is 1.33 bits per heavy atom. The number of piperidine rings is 2. The lowest BCUT2D eigenvalue weighted by atomic mass is 9.84. The molecule has 4 nitrogen and oxygen atoms in total. The van der Waals surface area contributed by atoms with Crippen LogP contribution in [0.25, 0.3) is 0 Å². The van der Waals surface area contributed by atoms with Crippen LogP contribution in [0.2, 0.25) is 0 Å². The van der Waals surface area contributed by atoms with Gasteiger partial charge >= 0.3 is 0 Å². The molecule has 3 rings (SSSR count). The minimum Gasteiger partial charge on any atom is -0.398 e. The van der Waals surface area contributed by atoms with Gasteiger partial charge in [0, 0.05) is 29.3 Å². The maximum Gasteiger partial charge on any atom is 0.255 e. The molecule has 0 aromatic heterocycles. The van der Waals surface area contributed by atoms with Gasteiger partial charge in [0.2, 0.25) is 0 Å². The fraction of sp³-hybridized carbons (Fsp3) is 0.562. The molecule has 0 saturated carbocycles. The summed E-state index contributed by atoms with van der Waals surface area (Å²) >= 11 is 3.38. The van der Waals surface area contributed by atoms with Gasteiger partial charge in [0.1, 0.15) is 0 Å². The number of carbonyl (C=O) groups excluding carboxylic acids is 1. The topological polar surface area (TPSA) is 49.6 Å². The zero-order valence-electron chi connectivity index (χ0n) is 12.4. The molecule has 2 unspecified atom stereocenters. The smallest absolute Gasteiger partial charge is 0.255 e. The van der Waals surface area contributed by atoms with Crippen molar-refractivity contribution in [1.29, 1.82) is 0 Å². The number of halogens is 1. The highest BCUT2D eigenvalue weighted by atomic mass is 79.9. The molecule has 2 saturated heterocycles. The lowest BCUT2D eigenvalue weighted by molar-refractivity contribution is 0.0317. The molecule has 2 aliphatic heterocycles. The molecule has 0 aliphatic carbocycles. The summed E-state index contributed by atoms with van der Waals surface area (Å²) in [5.41, 5.74) is 7.18. The van der Waals surface area contributed by atoms with E-state index >= 15 is 0 Å². The normalized spacial score (nSPS) is 26.5. The molecular weight excluding hydrogens is 330 g/mol. The lowest BCUT2D eigenvalue weighted by Crippen LogP contribution is -2.53. The van der Waals surface area contributed by atoms with Gasteiger partial charge in [-0.2, -0.15) is 0 Å². The molecule has 2 fully saturated rings. The maximum atomic E-state index is 12.7. The van der Waals surface area contributed by atoms with E-state index < -0.39 is 0 Å². The second-order valence-corrected chi connectivity index (χ2v) is 7.14. The van der Waals surface area contributed by atoms with Crippen LogP contribution in [-0.4, -0.2) is 48.4 Å². The fourth-order valence-corrected chi connectivity index (χ4v) is 4.11. The minimum absolute atomic E-state index is 0.0756. The highest BCUT2D eigenvalue weighted by Gasteiger charge is 2.36. The Kier molecular flexibility index (Phi) is 4.22. The third-order valence-corrected chi connectivity index (χ3v) is 5.37. The molecule has 0 radical (unpaired) electrons. The SMILES string of the molecule is CN1CCCC2CN(C(=O)c3ccc(Br)cc3N)CCC21. The first-order valence-corrected chi connectivity index (χ1v) is 8.40. The number of fused-ring (bicyclic) bond motifs is 1. The quantitative estimate of drug-likeness (QED) is 0.791. The first-order valence-electron chi connectivity index (χ1n) is 7.61. The lowest BCUT2D eigenvalue weighted by Gasteiger charge is -2.46. The van der Waals surface area contributed by atoms with E-state index in [1.54, 1.807) is 6.07 Å². The molecule has 2 atom stereocenters. The van der Waals surface area contributed by atoms with Crippen molar-refractivity contribution in [2.75, 3.05) is 32.4 Å². The third-order valence-electron chi connectivity index (χ3n) is 4.88. The van der Waals surface area contributed by atoms with Crippen molar-refractivity contribution in [2.24, 2.45) is 5.92 Å². The van der Waals surface area contributed by atoms with Gasteiger partial charge in [-0.15, -0.1) is 0 Å². The number of likely N-dealkylation sites (tertiary alicyclic amines) is 2. The zero-order valence-corrected chi connectivity index (χ0v) is 14.0. The number of nitrogens with zero attached hydrogens (tertiary/aromatic N) is 2. The van der Waals surface area contributed by atoms with E-state index in [1.807, 2.05) is 17.0 Å². The summed E-state index contributed by atoms with van der Waals surface area (Å²) in [6, 6.07) is 6.14. The Morgan fingerprint density at radius 2 is 2.14 bits per heavy atom. The number of nitrogens with two attached hydrogens (primary N) is 1. The number of benzene rings is 1. The first kappa shape index (κ1) is 14.9. The van der Waals surface area contributed by atoms with Crippen molar-refractivity contribution in [3.63, 3.8) is 0 Å². The highest BCUT2D eigenvalue weighted by Crippen LogP contribution is 2.31. The van der Waals surface area contributed by atoms with Crippen LogP contribution in [0, 0.1) is 5.92 Å². The van der Waals surface area contributed by atoms with Gasteiger partial charge < -0.3 is 15.5 Å². The van der Waals surface area contributed by atoms with Gasteiger partial charge in [0.15, 0.2) is 0 Å². The molecule has 0 spiro atoms. The summed E-state index contributed by atoms with van der Waals surface area (Å²) < 4.78 is 0.907. The van der Waals surface area contributed by atoms with Crippen LogP contribution in [0.15, 0.2) is 22.7 Å². The standard InChI is InChI=1S/C16H22BrN3O/c1-19-7-2-3-11-10-20(8-6-15(11)19)16(21)13-5-4-12(17)9-14(13)18/h4-5,9,11,15H,2-3,6-8,10,18H2,1H3. The largest absolute Gasteiger partial charge is 0.398 e. The van der Waals surface area contributed by atoms with Crippen LogP contribution >= 0.6 is 15.9 Å². The van der Waals surface area contributed by atoms with Crippen molar-refractivity contribution < 1.29 is 4.79 Å². The Morgan fingerprint density at radius 3 is 2.90 bits per heavy atom. The summed E-state index contributed by atoms with van der Waals surface area (Å²) in [5, 5.41) is 0. The van der Waals surface area contributed by atoms with Crippen molar-refractivity contribution >= 4 is 27.5 Å². The molecule has 2 aliphatic rings. The van der Waals surface area contributed by atoms with E-state index in [1.165, 1.54) is 19.4 Å². The van der Waals surface area contributed by atoms with Gasteiger partial charge in [-0.1, -0.05) is 15.9 Å². The third kappa shape index (κ3) is 2.94. The second-order valence-electron chi connectivity index (χ2n) is 6.22. The number of amides is 1. The Bertz CT molecular complexity index is 548. The van der Waals surface area contributed by atoms with E-state index in [-0.39, 0.29) is 5.91 Å². The molecule has 2 heterocycles. The monoisotopic (exact) mass is 351 g/mol. The number of rotatable bonds is 1. The van der Waals surface area contributed by atoms with Gasteiger partial charge in [-0.25, -0.2) is 0 Å². The van der Waals surface area contributed by atoms with E-state index in [0.29, 0.717) is 23.2 Å². The van der Waals surface area contributed by atoms with Crippen LogP contribution in [0.1, 0.15) is 29.6 Å². The average Bonchev–Trinajstić information content (AvgIpc) is 2.46. The number of hydrogen-bond donors (Lipinski definition) is 1. The van der Waals surface area contributed by atoms with Crippen LogP contribution in [0.5, 0.6) is 0 Å². The number of anilines is 1. The highest BCUT2D eigenvalue weighted by molar-refractivity contribution is 9.10. The predicted molar refractivity (Wildman–Crippen MR) is 88.2 cm³/mol. The molecular formula is C16H22BrN3O. The van der Waals surface area contributed by atoms with E-state index in [9.17, 15) is 4.79 Å². The summed E-state index contributed by atoms with van der Waals surface area (Å²) in [7, 11) is 2.21. The van der Waals surface area contributed by atoms with Gasteiger partial charge in [0.25, 0.3) is 5.91 Å². The number of carbonyl (C=O) groups is 1. The average molecular weight is 352 g/mol. The second kappa shape index (κ2) is 5.97. The van der Waals surface area contributed by atoms with Crippen LogP contribution in [0.4, 0.5) is 5.69 Å². The van der Waals surface area contributed by atoms with Crippen molar-refractivity contribution in [3.8, 4) is 0 Å². The number of nitrogen functional groups attached to an aromatic ring is 1. The summed E-state index contributed by atoms with van der Waals surface area (Å²) in [4.78, 5) is 17.2. The van der Waals surface area contributed by atoms with Crippen molar-refractivity contribution in [3.05, 3.63) is 28.2 Å². The van der Waals surface area contributed by atoms with Crippen LogP contribution in [0.3, 0.4) is 0 Å². The molecule has 114 valence electrons. The Hall–Kier alpha value is -1.07. The molecule has 1 aromatic rings. The number of hydrogen-bond acceptors (Lipinski definition) is 3. The first-order chi connectivity index (χ1) is 10.1. The minimum atomic E-state index is 0.0756. The fourth-order valence-electron chi connectivity index (χ4n) is 3.74. The maximum absolute atomic E-state index is 12.7. The van der Waals surface area contributed by atoms with E-state index in [0.717, 1.165) is 24.0 Å². The van der Waals surface area contributed by atoms with Crippen molar-refractivity contribution in [1.82, 2.24) is 9.80 Å². The Balaban J connectivity index is 1.74. The van der Waals surface area contributed by atoms with Gasteiger partial charge in [-0.3, -0.25) is 4.79 Å². The molecule has 2 N–H and O–H groups in total. The van der Waals surface area contributed by atoms with E-state index in [2.05, 4.69) is 27.9 Å². The Labute approximate surface area is 134 Å². The molecule has 0 bridgehead atoms. The van der Waals surface area contributed by atoms with Gasteiger partial charge in [-0.05, 0) is 57.0 Å². The zero-order chi connectivity index (χ0) is 15.0. The summed E-state index contributed by atoms with van der Waals surface area (Å²) in [6.45, 7) is 2.89. The van der Waals surface area contributed by atoms with Crippen LogP contribution < -0.4 is 5.73 Å². The molecule has 21 heavy (non-hydrogen) atoms. The molecule has 1 amide bonds. The summed E-state index contributed by atoms with van der Waals surface area (Å²) in [5.74, 6) is 0.685. The molecule has 1 aromatic carbocycles. The predicted octanol–water partition coefficient (Wildman–Crippen LogP) is 2.59. The van der Waals surface area contributed by atoms with Crippen molar-refractivity contribution in [2.45, 2.75) is 25.3 Å². The molecule has 5 heteroatoms. The van der Waals surface area contributed by atoms with Gasteiger partial charge in [0.05, 0.1) is 5.56 Å². The van der Waals surface area contributed by atoms with Crippen LogP contribution in [-0.2, 0) is 0 Å².